The van der Waals surface area contributed by atoms with E-state index in [1.165, 1.54) is 17.9 Å². The van der Waals surface area contributed by atoms with Crippen molar-refractivity contribution in [2.24, 2.45) is 10.9 Å². The molecule has 16 nitrogen and oxygen atoms in total. The molecule has 0 bridgehead atoms. The maximum Gasteiger partial charge on any atom is 0.434 e. The molecule has 2 aliphatic carbocycles. The highest BCUT2D eigenvalue weighted by atomic mass is 32.2. The van der Waals surface area contributed by atoms with Gasteiger partial charge in [0.25, 0.3) is 5.91 Å². The summed E-state index contributed by atoms with van der Waals surface area (Å²) in [5.74, 6) is -3.95. The van der Waals surface area contributed by atoms with Crippen LogP contribution in [-0.4, -0.2) is 102 Å². The fourth-order valence-corrected chi connectivity index (χ4v) is 6.24. The Morgan fingerprint density at radius 1 is 1.02 bits per heavy atom. The molecule has 0 radical (unpaired) electrons. The van der Waals surface area contributed by atoms with E-state index in [0.29, 0.717) is 19.3 Å². The third kappa shape index (κ3) is 10.2. The highest BCUT2D eigenvalue weighted by Crippen LogP contribution is 2.45. The number of carbonyl (C=O) groups excluding carboxylic acids is 6. The first kappa shape index (κ1) is 37.4. The number of rotatable bonds is 11. The lowest BCUT2D eigenvalue weighted by molar-refractivity contribution is -0.144. The van der Waals surface area contributed by atoms with Gasteiger partial charge >= 0.3 is 18.2 Å². The Bertz CT molecular complexity index is 1440. The van der Waals surface area contributed by atoms with E-state index in [-0.39, 0.29) is 25.1 Å². The number of amides is 5. The van der Waals surface area contributed by atoms with Crippen LogP contribution in [0.2, 0.25) is 0 Å². The van der Waals surface area contributed by atoms with Gasteiger partial charge in [-0.3, -0.25) is 19.1 Å². The van der Waals surface area contributed by atoms with E-state index in [1.807, 2.05) is 0 Å². The zero-order valence-electron chi connectivity index (χ0n) is 27.8. The summed E-state index contributed by atoms with van der Waals surface area (Å²) in [5.41, 5.74) is -3.71. The van der Waals surface area contributed by atoms with Crippen LogP contribution in [0.1, 0.15) is 80.6 Å². The summed E-state index contributed by atoms with van der Waals surface area (Å²) >= 11 is 0. The Kier molecular flexibility index (Phi) is 11.1. The predicted octanol–water partition coefficient (Wildman–Crippen LogP) is 1.48. The van der Waals surface area contributed by atoms with Crippen LogP contribution in [0.15, 0.2) is 17.6 Å². The normalized spacial score (nSPS) is 23.6. The second-order valence-corrected chi connectivity index (χ2v) is 15.8. The molecule has 17 heteroatoms. The lowest BCUT2D eigenvalue weighted by Gasteiger charge is -2.30. The summed E-state index contributed by atoms with van der Waals surface area (Å²) in [4.78, 5) is 82.5. The van der Waals surface area contributed by atoms with Crippen molar-refractivity contribution in [1.82, 2.24) is 20.3 Å². The van der Waals surface area contributed by atoms with Crippen LogP contribution >= 0.6 is 0 Å². The number of alkyl carbamates (subject to hydrolysis) is 1. The number of esters is 1. The maximum absolute atomic E-state index is 13.8. The van der Waals surface area contributed by atoms with Crippen molar-refractivity contribution >= 4 is 51.6 Å². The minimum Gasteiger partial charge on any atom is -0.458 e. The third-order valence-electron chi connectivity index (χ3n) is 7.41. The average Bonchev–Trinajstić information content (AvgIpc) is 3.84. The number of nitrogens with zero attached hydrogens (tertiary/aromatic N) is 2. The van der Waals surface area contributed by atoms with Gasteiger partial charge in [-0.1, -0.05) is 6.08 Å². The minimum atomic E-state index is -3.89. The Labute approximate surface area is 274 Å². The van der Waals surface area contributed by atoms with Crippen LogP contribution in [0.5, 0.6) is 0 Å². The standard InChI is InChI=1S/C30H45N5O11S/c1-9-18-15-30(18,25(39)34-47(42,43)19-12-13-19)33-22(36)21-11-10-14-35(21)23(37)20(32-27(41)46-29(6,7)8)16-44-24(38)17(2)31-26(40)45-28(3,4)5/h9,18-21H,1,10-16H2,2-8H3,(H,32,41)(H,33,36)(H,34,39)/t18-,20+,21+,30-/m1/s1. The van der Waals surface area contributed by atoms with E-state index in [9.17, 15) is 37.2 Å². The molecule has 1 heterocycles. The van der Waals surface area contributed by atoms with Crippen LogP contribution < -0.4 is 15.4 Å². The molecule has 0 unspecified atom stereocenters. The molecule has 3 rings (SSSR count). The molecular formula is C30H45N5O11S. The smallest absolute Gasteiger partial charge is 0.434 e. The van der Waals surface area contributed by atoms with Crippen molar-refractivity contribution in [2.75, 3.05) is 13.2 Å². The Morgan fingerprint density at radius 2 is 1.64 bits per heavy atom. The summed E-state index contributed by atoms with van der Waals surface area (Å²) in [6.45, 7) is 14.0. The van der Waals surface area contributed by atoms with Crippen molar-refractivity contribution in [3.63, 3.8) is 0 Å². The summed E-state index contributed by atoms with van der Waals surface area (Å²) in [5, 5.41) is 4.37. The van der Waals surface area contributed by atoms with E-state index in [0.717, 1.165) is 0 Å². The Hall–Kier alpha value is -4.02. The van der Waals surface area contributed by atoms with Crippen molar-refractivity contribution in [3.05, 3.63) is 12.7 Å². The van der Waals surface area contributed by atoms with E-state index >= 15 is 0 Å². The van der Waals surface area contributed by atoms with E-state index in [2.05, 4.69) is 26.9 Å². The highest BCUT2D eigenvalue weighted by molar-refractivity contribution is 7.91. The first-order chi connectivity index (χ1) is 21.6. The van der Waals surface area contributed by atoms with Crippen LogP contribution in [0.3, 0.4) is 0 Å². The number of aliphatic imine (C=N–C) groups is 1. The monoisotopic (exact) mass is 683 g/mol. The summed E-state index contributed by atoms with van der Waals surface area (Å²) < 4.78 is 42.5. The molecule has 0 aromatic heterocycles. The molecule has 0 aromatic rings. The zero-order chi connectivity index (χ0) is 35.5. The predicted molar refractivity (Wildman–Crippen MR) is 167 cm³/mol. The largest absolute Gasteiger partial charge is 0.458 e. The Morgan fingerprint density at radius 3 is 2.17 bits per heavy atom. The number of hydrogen-bond acceptors (Lipinski definition) is 11. The second kappa shape index (κ2) is 14.0. The highest BCUT2D eigenvalue weighted by Gasteiger charge is 2.61. The van der Waals surface area contributed by atoms with Crippen LogP contribution in [0.4, 0.5) is 9.59 Å². The van der Waals surface area contributed by atoms with Gasteiger partial charge in [-0.15, -0.1) is 6.58 Å². The van der Waals surface area contributed by atoms with Gasteiger partial charge in [0.1, 0.15) is 41.1 Å². The van der Waals surface area contributed by atoms with Gasteiger partial charge in [0, 0.05) is 12.5 Å². The van der Waals surface area contributed by atoms with Gasteiger partial charge in [-0.05, 0) is 80.6 Å². The molecule has 47 heavy (non-hydrogen) atoms. The molecule has 3 fully saturated rings. The average molecular weight is 684 g/mol. The second-order valence-electron chi connectivity index (χ2n) is 13.8. The van der Waals surface area contributed by atoms with Gasteiger partial charge < -0.3 is 29.7 Å². The van der Waals surface area contributed by atoms with E-state index in [1.54, 1.807) is 41.5 Å². The van der Waals surface area contributed by atoms with Crippen LogP contribution in [0.25, 0.3) is 0 Å². The first-order valence-electron chi connectivity index (χ1n) is 15.3. The maximum atomic E-state index is 13.8. The number of carbonyl (C=O) groups is 6. The molecule has 0 spiro atoms. The molecule has 0 aromatic carbocycles. The molecule has 262 valence electrons. The quantitative estimate of drug-likeness (QED) is 0.123. The molecule has 1 saturated heterocycles. The van der Waals surface area contributed by atoms with Gasteiger partial charge in [-0.25, -0.2) is 22.8 Å². The van der Waals surface area contributed by atoms with Gasteiger partial charge in [0.05, 0.1) is 5.25 Å². The molecule has 3 aliphatic rings. The van der Waals surface area contributed by atoms with Gasteiger partial charge in [0.2, 0.25) is 21.8 Å². The number of ether oxygens (including phenoxy) is 3. The molecular weight excluding hydrogens is 638 g/mol. The van der Waals surface area contributed by atoms with Crippen molar-refractivity contribution in [2.45, 2.75) is 115 Å². The van der Waals surface area contributed by atoms with E-state index in [4.69, 9.17) is 14.2 Å². The third-order valence-corrected chi connectivity index (χ3v) is 9.22. The van der Waals surface area contributed by atoms with Crippen LogP contribution in [0, 0.1) is 5.92 Å². The van der Waals surface area contributed by atoms with Crippen molar-refractivity contribution in [1.29, 1.82) is 0 Å². The summed E-state index contributed by atoms with van der Waals surface area (Å²) in [6, 6.07) is -2.60. The fourth-order valence-electron chi connectivity index (χ4n) is 4.88. The molecule has 3 N–H and O–H groups in total. The summed E-state index contributed by atoms with van der Waals surface area (Å²) in [7, 11) is -3.89. The number of sulfonamides is 1. The number of hydrogen-bond donors (Lipinski definition) is 3. The van der Waals surface area contributed by atoms with Crippen LogP contribution in [-0.2, 0) is 43.4 Å². The number of likely N-dealkylation sites (tertiary alicyclic amines) is 1. The van der Waals surface area contributed by atoms with Gasteiger partial charge in [-0.2, -0.15) is 4.99 Å². The first-order valence-corrected chi connectivity index (χ1v) is 16.9. The van der Waals surface area contributed by atoms with Crippen molar-refractivity contribution < 1.29 is 51.4 Å². The SMILES string of the molecule is C=C[C@@H]1C[C@]1(NC(=O)[C@@H]1CCCN1C(=O)[C@H](COC(=O)C(C)=NC(=O)OC(C)(C)C)NC(=O)OC(C)(C)C)C(=O)NS(=O)(=O)C1CC1. The van der Waals surface area contributed by atoms with Gasteiger partial charge in [0.15, 0.2) is 0 Å². The minimum absolute atomic E-state index is 0.0939. The molecule has 5 amide bonds. The van der Waals surface area contributed by atoms with E-state index < -0.39 is 92.5 Å². The Balaban J connectivity index is 1.76. The molecule has 1 aliphatic heterocycles. The lowest BCUT2D eigenvalue weighted by Crippen LogP contribution is -2.59. The zero-order valence-corrected chi connectivity index (χ0v) is 28.7. The van der Waals surface area contributed by atoms with Crippen molar-refractivity contribution in [3.8, 4) is 0 Å². The topological polar surface area (TPSA) is 216 Å². The molecule has 4 atom stereocenters. The summed E-state index contributed by atoms with van der Waals surface area (Å²) in [6.07, 6.45) is 1.03. The number of nitrogens with one attached hydrogen (secondary N) is 3. The lowest BCUT2D eigenvalue weighted by atomic mass is 10.1. The molecule has 2 saturated carbocycles. The fraction of sp³-hybridized carbons (Fsp3) is 0.700.